The monoisotopic (exact) mass is 327 g/mol. The van der Waals surface area contributed by atoms with Gasteiger partial charge in [-0.2, -0.15) is 4.98 Å². The third kappa shape index (κ3) is 2.77. The lowest BCUT2D eigenvalue weighted by Gasteiger charge is -2.15. The summed E-state index contributed by atoms with van der Waals surface area (Å²) in [4.78, 5) is 29.4. The lowest BCUT2D eigenvalue weighted by Crippen LogP contribution is -2.29. The molecule has 0 radical (unpaired) electrons. The van der Waals surface area contributed by atoms with Crippen LogP contribution in [0.3, 0.4) is 0 Å². The van der Waals surface area contributed by atoms with Crippen LogP contribution in [-0.4, -0.2) is 45.1 Å². The highest BCUT2D eigenvalue weighted by Gasteiger charge is 2.31. The number of rotatable bonds is 4. The van der Waals surface area contributed by atoms with Crippen molar-refractivity contribution in [2.24, 2.45) is 5.92 Å². The van der Waals surface area contributed by atoms with Crippen molar-refractivity contribution in [2.45, 2.75) is 25.2 Å². The molecule has 1 N–H and O–H groups in total. The largest absolute Gasteiger partial charge is 0.481 e. The van der Waals surface area contributed by atoms with Crippen molar-refractivity contribution in [3.63, 3.8) is 0 Å². The van der Waals surface area contributed by atoms with E-state index in [1.807, 2.05) is 0 Å². The fraction of sp³-hybridized carbons (Fsp3) is 0.412. The first kappa shape index (κ1) is 14.9. The van der Waals surface area contributed by atoms with E-state index in [1.54, 1.807) is 29.2 Å². The van der Waals surface area contributed by atoms with Gasteiger partial charge in [0.05, 0.1) is 5.92 Å². The van der Waals surface area contributed by atoms with Gasteiger partial charge < -0.3 is 14.5 Å². The Bertz CT molecular complexity index is 779. The van der Waals surface area contributed by atoms with Gasteiger partial charge in [0.1, 0.15) is 0 Å². The van der Waals surface area contributed by atoms with Crippen LogP contribution >= 0.6 is 0 Å². The summed E-state index contributed by atoms with van der Waals surface area (Å²) < 4.78 is 5.27. The third-order valence-electron chi connectivity index (χ3n) is 4.59. The summed E-state index contributed by atoms with van der Waals surface area (Å²) in [6.07, 6.45) is 2.73. The molecule has 2 aliphatic rings. The first-order valence-corrected chi connectivity index (χ1v) is 8.08. The number of hydrogen-bond donors (Lipinski definition) is 1. The molecular formula is C17H17N3O4. The average molecular weight is 327 g/mol. The van der Waals surface area contributed by atoms with E-state index in [0.29, 0.717) is 30.3 Å². The average Bonchev–Trinajstić information content (AvgIpc) is 3.13. The molecule has 2 heterocycles. The lowest BCUT2D eigenvalue weighted by molar-refractivity contribution is -0.141. The zero-order chi connectivity index (χ0) is 16.7. The van der Waals surface area contributed by atoms with Crippen molar-refractivity contribution in [1.29, 1.82) is 0 Å². The molecule has 2 aromatic rings. The Kier molecular flexibility index (Phi) is 3.55. The highest BCUT2D eigenvalue weighted by atomic mass is 16.5. The van der Waals surface area contributed by atoms with Crippen molar-refractivity contribution in [3.05, 3.63) is 35.7 Å². The molecule has 1 aromatic heterocycles. The zero-order valence-electron chi connectivity index (χ0n) is 13.0. The van der Waals surface area contributed by atoms with Crippen molar-refractivity contribution >= 4 is 11.9 Å². The summed E-state index contributed by atoms with van der Waals surface area (Å²) in [5.41, 5.74) is 1.31. The number of amides is 1. The van der Waals surface area contributed by atoms with Gasteiger partial charge >= 0.3 is 5.97 Å². The molecule has 1 saturated carbocycles. The number of likely N-dealkylation sites (tertiary alicyclic amines) is 1. The van der Waals surface area contributed by atoms with Crippen molar-refractivity contribution in [3.8, 4) is 11.5 Å². The molecule has 124 valence electrons. The summed E-state index contributed by atoms with van der Waals surface area (Å²) >= 11 is 0. The van der Waals surface area contributed by atoms with E-state index < -0.39 is 11.9 Å². The number of carbonyl (C=O) groups is 2. The van der Waals surface area contributed by atoms with E-state index in [1.165, 1.54) is 0 Å². The fourth-order valence-electron chi connectivity index (χ4n) is 2.94. The number of nitrogens with zero attached hydrogens (tertiary/aromatic N) is 3. The van der Waals surface area contributed by atoms with Gasteiger partial charge in [-0.25, -0.2) is 0 Å². The Morgan fingerprint density at radius 1 is 1.17 bits per heavy atom. The Labute approximate surface area is 138 Å². The Morgan fingerprint density at radius 2 is 1.92 bits per heavy atom. The smallest absolute Gasteiger partial charge is 0.308 e. The maximum Gasteiger partial charge on any atom is 0.308 e. The number of aliphatic carboxylic acids is 1. The molecular weight excluding hydrogens is 310 g/mol. The van der Waals surface area contributed by atoms with Crippen molar-refractivity contribution in [1.82, 2.24) is 15.0 Å². The Balaban J connectivity index is 1.47. The molecule has 0 spiro atoms. The van der Waals surface area contributed by atoms with Gasteiger partial charge in [-0.3, -0.25) is 9.59 Å². The number of hydrogen-bond acceptors (Lipinski definition) is 5. The van der Waals surface area contributed by atoms with Crippen LogP contribution in [0.4, 0.5) is 0 Å². The van der Waals surface area contributed by atoms with Gasteiger partial charge in [0.15, 0.2) is 5.82 Å². The second-order valence-electron chi connectivity index (χ2n) is 6.38. The molecule has 1 atom stereocenters. The van der Waals surface area contributed by atoms with Gasteiger partial charge in [0.2, 0.25) is 0 Å². The first-order valence-electron chi connectivity index (χ1n) is 8.08. The number of aromatic nitrogens is 2. The summed E-state index contributed by atoms with van der Waals surface area (Å²) in [6.45, 7) is 0.746. The van der Waals surface area contributed by atoms with Gasteiger partial charge in [0, 0.05) is 30.1 Å². The Morgan fingerprint density at radius 3 is 2.54 bits per heavy atom. The number of carboxylic acids is 1. The van der Waals surface area contributed by atoms with Crippen LogP contribution in [0.25, 0.3) is 11.5 Å². The predicted octanol–water partition coefficient (Wildman–Crippen LogP) is 2.16. The topological polar surface area (TPSA) is 96.5 Å². The number of carbonyl (C=O) groups excluding carboxylic acids is 1. The lowest BCUT2D eigenvalue weighted by atomic mass is 10.1. The van der Waals surface area contributed by atoms with Gasteiger partial charge in [-0.15, -0.1) is 0 Å². The molecule has 0 bridgehead atoms. The molecule has 2 fully saturated rings. The second kappa shape index (κ2) is 5.74. The molecule has 1 aliphatic carbocycles. The zero-order valence-corrected chi connectivity index (χ0v) is 13.0. The van der Waals surface area contributed by atoms with E-state index in [9.17, 15) is 9.59 Å². The van der Waals surface area contributed by atoms with Crippen molar-refractivity contribution in [2.75, 3.05) is 13.1 Å². The molecule has 1 saturated heterocycles. The summed E-state index contributed by atoms with van der Waals surface area (Å²) in [5, 5.41) is 13.0. The molecule has 1 aromatic carbocycles. The Hall–Kier alpha value is -2.70. The minimum Gasteiger partial charge on any atom is -0.481 e. The molecule has 1 aliphatic heterocycles. The number of benzene rings is 1. The van der Waals surface area contributed by atoms with Crippen LogP contribution in [0.1, 0.15) is 41.4 Å². The van der Waals surface area contributed by atoms with Gasteiger partial charge in [-0.1, -0.05) is 5.16 Å². The van der Waals surface area contributed by atoms with Crippen LogP contribution in [0, 0.1) is 5.92 Å². The van der Waals surface area contributed by atoms with Crippen LogP contribution in [0.2, 0.25) is 0 Å². The van der Waals surface area contributed by atoms with E-state index in [2.05, 4.69) is 10.1 Å². The standard InChI is InChI=1S/C17H17N3O4/c21-16(20-8-7-13(9-20)17(22)23)12-5-3-11(4-6-12)15-18-14(19-24-15)10-1-2-10/h3-6,10,13H,1-2,7-9H2,(H,22,23)/t13-/m0/s1. The second-order valence-corrected chi connectivity index (χ2v) is 6.38. The maximum atomic E-state index is 12.4. The fourth-order valence-corrected chi connectivity index (χ4v) is 2.94. The molecule has 24 heavy (non-hydrogen) atoms. The molecule has 4 rings (SSSR count). The quantitative estimate of drug-likeness (QED) is 0.924. The molecule has 7 nitrogen and oxygen atoms in total. The summed E-state index contributed by atoms with van der Waals surface area (Å²) in [7, 11) is 0. The number of carboxylic acid groups (broad SMARTS) is 1. The van der Waals surface area contributed by atoms with E-state index in [-0.39, 0.29) is 12.5 Å². The van der Waals surface area contributed by atoms with E-state index in [4.69, 9.17) is 9.63 Å². The minimum atomic E-state index is -0.844. The van der Waals surface area contributed by atoms with Crippen molar-refractivity contribution < 1.29 is 19.2 Å². The molecule has 1 amide bonds. The highest BCUT2D eigenvalue weighted by molar-refractivity contribution is 5.95. The normalized spacial score (nSPS) is 20.3. The SMILES string of the molecule is O=C(O)[C@H]1CCN(C(=O)c2ccc(-c3nc(C4CC4)no3)cc2)C1. The maximum absolute atomic E-state index is 12.4. The van der Waals surface area contributed by atoms with E-state index >= 15 is 0 Å². The van der Waals surface area contributed by atoms with Crippen LogP contribution in [0.15, 0.2) is 28.8 Å². The minimum absolute atomic E-state index is 0.144. The summed E-state index contributed by atoms with van der Waals surface area (Å²) in [5.74, 6) is 0.191. The van der Waals surface area contributed by atoms with Gasteiger partial charge in [-0.05, 0) is 43.5 Å². The summed E-state index contributed by atoms with van der Waals surface area (Å²) in [6, 6.07) is 6.99. The van der Waals surface area contributed by atoms with Crippen LogP contribution in [-0.2, 0) is 4.79 Å². The first-order chi connectivity index (χ1) is 11.6. The molecule has 7 heteroatoms. The third-order valence-corrected chi connectivity index (χ3v) is 4.59. The van der Waals surface area contributed by atoms with Crippen LogP contribution in [0.5, 0.6) is 0 Å². The van der Waals surface area contributed by atoms with Crippen LogP contribution < -0.4 is 0 Å². The predicted molar refractivity (Wildman–Crippen MR) is 83.4 cm³/mol. The van der Waals surface area contributed by atoms with E-state index in [0.717, 1.165) is 24.2 Å². The van der Waals surface area contributed by atoms with Gasteiger partial charge in [0.25, 0.3) is 11.8 Å². The molecule has 0 unspecified atom stereocenters. The highest BCUT2D eigenvalue weighted by Crippen LogP contribution is 2.38.